The molecular formula is C30H28N4O5S2. The van der Waals surface area contributed by atoms with Gasteiger partial charge in [0.2, 0.25) is 26.0 Å². The molecule has 4 aromatic rings. The summed E-state index contributed by atoms with van der Waals surface area (Å²) in [6.07, 6.45) is 0.0176. The standard InChI is InChI=1S/C30H28N4O5S2/c31-22-24-8-6-7-23(19-24)20-29(32-40(36,37)28-14-13-25-9-4-5-10-26(25)21-28)30(35)33-15-17-34(18-16-33)41(38,39)27-11-2-1-3-12-27/h1-14,19,21,29,32H,15-18,20H2. The van der Waals surface area contributed by atoms with Crippen LogP contribution in [0, 0.1) is 11.3 Å². The number of amides is 1. The maximum atomic E-state index is 13.8. The molecule has 5 rings (SSSR count). The van der Waals surface area contributed by atoms with E-state index in [-0.39, 0.29) is 42.4 Å². The van der Waals surface area contributed by atoms with Crippen molar-refractivity contribution in [3.63, 3.8) is 0 Å². The summed E-state index contributed by atoms with van der Waals surface area (Å²) >= 11 is 0. The van der Waals surface area contributed by atoms with Crippen molar-refractivity contribution in [2.45, 2.75) is 22.3 Å². The zero-order chi connectivity index (χ0) is 29.0. The first-order valence-corrected chi connectivity index (χ1v) is 15.9. The van der Waals surface area contributed by atoms with Crippen LogP contribution in [-0.4, -0.2) is 64.2 Å². The minimum atomic E-state index is -4.11. The van der Waals surface area contributed by atoms with Gasteiger partial charge in [-0.1, -0.05) is 60.7 Å². The number of hydrogen-bond acceptors (Lipinski definition) is 6. The molecule has 1 amide bonds. The lowest BCUT2D eigenvalue weighted by atomic mass is 10.0. The molecule has 0 radical (unpaired) electrons. The fraction of sp³-hybridized carbons (Fsp3) is 0.200. The van der Waals surface area contributed by atoms with Gasteiger partial charge in [-0.05, 0) is 59.2 Å². The largest absolute Gasteiger partial charge is 0.339 e. The molecule has 1 saturated heterocycles. The van der Waals surface area contributed by atoms with Crippen molar-refractivity contribution in [1.82, 2.24) is 13.9 Å². The minimum Gasteiger partial charge on any atom is -0.339 e. The second-order valence-corrected chi connectivity index (χ2v) is 13.4. The molecule has 9 nitrogen and oxygen atoms in total. The van der Waals surface area contributed by atoms with Gasteiger partial charge in [0.15, 0.2) is 0 Å². The molecule has 1 N–H and O–H groups in total. The van der Waals surface area contributed by atoms with Crippen molar-refractivity contribution in [2.24, 2.45) is 0 Å². The Bertz CT molecular complexity index is 1830. The molecule has 0 saturated carbocycles. The highest BCUT2D eigenvalue weighted by Gasteiger charge is 2.34. The second-order valence-electron chi connectivity index (χ2n) is 9.74. The Balaban J connectivity index is 1.38. The molecule has 41 heavy (non-hydrogen) atoms. The molecule has 1 aliphatic rings. The first-order valence-electron chi connectivity index (χ1n) is 13.0. The maximum Gasteiger partial charge on any atom is 0.243 e. The number of hydrogen-bond donors (Lipinski definition) is 1. The van der Waals surface area contributed by atoms with Gasteiger partial charge in [0.05, 0.1) is 21.4 Å². The lowest BCUT2D eigenvalue weighted by Gasteiger charge is -2.36. The average Bonchev–Trinajstić information content (AvgIpc) is 3.00. The smallest absolute Gasteiger partial charge is 0.243 e. The second kappa shape index (κ2) is 11.8. The summed E-state index contributed by atoms with van der Waals surface area (Å²) in [6, 6.07) is 27.8. The van der Waals surface area contributed by atoms with Crippen LogP contribution < -0.4 is 4.72 Å². The van der Waals surface area contributed by atoms with Crippen LogP contribution in [0.15, 0.2) is 107 Å². The Labute approximate surface area is 239 Å². The first-order chi connectivity index (χ1) is 19.7. The van der Waals surface area contributed by atoms with Crippen LogP contribution in [0.5, 0.6) is 0 Å². The number of nitriles is 1. The fourth-order valence-corrected chi connectivity index (χ4v) is 7.55. The SMILES string of the molecule is N#Cc1cccc(CC(NS(=O)(=O)c2ccc3ccccc3c2)C(=O)N2CCN(S(=O)(=O)c3ccccc3)CC2)c1. The van der Waals surface area contributed by atoms with Crippen LogP contribution >= 0.6 is 0 Å². The van der Waals surface area contributed by atoms with Crippen LogP contribution in [0.4, 0.5) is 0 Å². The number of fused-ring (bicyclic) bond motifs is 1. The van der Waals surface area contributed by atoms with Gasteiger partial charge in [-0.15, -0.1) is 0 Å². The first kappa shape index (κ1) is 28.4. The van der Waals surface area contributed by atoms with Gasteiger partial charge in [0, 0.05) is 26.2 Å². The quantitative estimate of drug-likeness (QED) is 0.337. The number of nitrogens with one attached hydrogen (secondary N) is 1. The Morgan fingerprint density at radius 3 is 2.17 bits per heavy atom. The zero-order valence-electron chi connectivity index (χ0n) is 22.0. The van der Waals surface area contributed by atoms with Crippen molar-refractivity contribution in [1.29, 1.82) is 5.26 Å². The van der Waals surface area contributed by atoms with Crippen LogP contribution in [0.1, 0.15) is 11.1 Å². The van der Waals surface area contributed by atoms with Gasteiger partial charge < -0.3 is 4.90 Å². The molecule has 11 heteroatoms. The Morgan fingerprint density at radius 1 is 0.780 bits per heavy atom. The number of benzene rings is 4. The van der Waals surface area contributed by atoms with Crippen LogP contribution in [0.3, 0.4) is 0 Å². The molecule has 1 atom stereocenters. The summed E-state index contributed by atoms with van der Waals surface area (Å²) in [7, 11) is -7.83. The summed E-state index contributed by atoms with van der Waals surface area (Å²) in [5, 5.41) is 10.9. The van der Waals surface area contributed by atoms with Crippen molar-refractivity contribution in [3.05, 3.63) is 108 Å². The van der Waals surface area contributed by atoms with E-state index < -0.39 is 32.0 Å². The number of piperazine rings is 1. The van der Waals surface area contributed by atoms with E-state index in [1.165, 1.54) is 27.4 Å². The third-order valence-electron chi connectivity index (χ3n) is 7.05. The van der Waals surface area contributed by atoms with E-state index in [1.54, 1.807) is 54.6 Å². The Kier molecular flexibility index (Phi) is 8.19. The summed E-state index contributed by atoms with van der Waals surface area (Å²) in [6.45, 7) is 0.378. The predicted octanol–water partition coefficient (Wildman–Crippen LogP) is 3.13. The molecule has 1 fully saturated rings. The van der Waals surface area contributed by atoms with Crippen molar-refractivity contribution < 1.29 is 21.6 Å². The summed E-state index contributed by atoms with van der Waals surface area (Å²) in [5.74, 6) is -0.464. The van der Waals surface area contributed by atoms with E-state index in [0.29, 0.717) is 11.1 Å². The highest BCUT2D eigenvalue weighted by Crippen LogP contribution is 2.21. The molecule has 0 spiro atoms. The highest BCUT2D eigenvalue weighted by molar-refractivity contribution is 7.89. The van der Waals surface area contributed by atoms with Gasteiger partial charge in [-0.3, -0.25) is 4.79 Å². The molecule has 1 unspecified atom stereocenters. The van der Waals surface area contributed by atoms with Crippen LogP contribution in [0.2, 0.25) is 0 Å². The lowest BCUT2D eigenvalue weighted by molar-refractivity contribution is -0.134. The molecule has 0 aliphatic carbocycles. The van der Waals surface area contributed by atoms with Gasteiger partial charge in [0.25, 0.3) is 0 Å². The van der Waals surface area contributed by atoms with E-state index in [9.17, 15) is 26.9 Å². The monoisotopic (exact) mass is 588 g/mol. The highest BCUT2D eigenvalue weighted by atomic mass is 32.2. The van der Waals surface area contributed by atoms with E-state index in [2.05, 4.69) is 10.8 Å². The third-order valence-corrected chi connectivity index (χ3v) is 10.4. The van der Waals surface area contributed by atoms with Gasteiger partial charge in [0.1, 0.15) is 6.04 Å². The average molecular weight is 589 g/mol. The Morgan fingerprint density at radius 2 is 1.46 bits per heavy atom. The van der Waals surface area contributed by atoms with Crippen molar-refractivity contribution >= 4 is 36.7 Å². The molecule has 1 aliphatic heterocycles. The van der Waals surface area contributed by atoms with Gasteiger partial charge >= 0.3 is 0 Å². The maximum absolute atomic E-state index is 13.8. The molecule has 4 aromatic carbocycles. The topological polar surface area (TPSA) is 128 Å². The molecule has 0 bridgehead atoms. The van der Waals surface area contributed by atoms with Crippen molar-refractivity contribution in [3.8, 4) is 6.07 Å². The summed E-state index contributed by atoms with van der Waals surface area (Å²) in [4.78, 5) is 15.5. The number of carbonyl (C=O) groups excluding carboxylic acids is 1. The van der Waals surface area contributed by atoms with Crippen molar-refractivity contribution in [2.75, 3.05) is 26.2 Å². The lowest BCUT2D eigenvalue weighted by Crippen LogP contribution is -2.56. The molecule has 1 heterocycles. The minimum absolute atomic E-state index is 0.0176. The summed E-state index contributed by atoms with van der Waals surface area (Å²) in [5.41, 5.74) is 1.01. The van der Waals surface area contributed by atoms with E-state index >= 15 is 0 Å². The molecule has 210 valence electrons. The van der Waals surface area contributed by atoms with Gasteiger partial charge in [-0.2, -0.15) is 14.3 Å². The molecular weight excluding hydrogens is 560 g/mol. The third kappa shape index (κ3) is 6.31. The summed E-state index contributed by atoms with van der Waals surface area (Å²) < 4.78 is 57.0. The van der Waals surface area contributed by atoms with Gasteiger partial charge in [-0.25, -0.2) is 16.8 Å². The van der Waals surface area contributed by atoms with Crippen LogP contribution in [0.25, 0.3) is 10.8 Å². The predicted molar refractivity (Wildman–Crippen MR) is 155 cm³/mol. The molecule has 0 aromatic heterocycles. The zero-order valence-corrected chi connectivity index (χ0v) is 23.7. The van der Waals surface area contributed by atoms with E-state index in [4.69, 9.17) is 0 Å². The Hall–Kier alpha value is -4.08. The fourth-order valence-electron chi connectivity index (χ4n) is 4.88. The number of carbonyl (C=O) groups is 1. The number of rotatable bonds is 8. The van der Waals surface area contributed by atoms with E-state index in [0.717, 1.165) is 10.8 Å². The van der Waals surface area contributed by atoms with E-state index in [1.807, 2.05) is 24.3 Å². The normalized spacial score (nSPS) is 15.3. The van der Waals surface area contributed by atoms with Crippen LogP contribution in [-0.2, 0) is 31.3 Å². The number of sulfonamides is 2. The number of nitrogens with zero attached hydrogens (tertiary/aromatic N) is 3.